The molecule has 0 aliphatic carbocycles. The number of benzene rings is 1. The van der Waals surface area contributed by atoms with Crippen LogP contribution in [0.4, 0.5) is 10.5 Å². The van der Waals surface area contributed by atoms with E-state index in [1.54, 1.807) is 6.08 Å². The predicted molar refractivity (Wildman–Crippen MR) is 121 cm³/mol. The van der Waals surface area contributed by atoms with E-state index in [4.69, 9.17) is 0 Å². The average molecular weight is 429 g/mol. The summed E-state index contributed by atoms with van der Waals surface area (Å²) < 4.78 is 4.67. The normalized spacial score (nSPS) is 20.5. The molecule has 1 fully saturated rings. The highest BCUT2D eigenvalue weighted by molar-refractivity contribution is 8.18. The molecule has 160 valence electrons. The molecule has 0 bridgehead atoms. The van der Waals surface area contributed by atoms with Crippen molar-refractivity contribution in [2.24, 2.45) is 0 Å². The Morgan fingerprint density at radius 1 is 1.20 bits per heavy atom. The fraction of sp³-hybridized carbons (Fsp3) is 0.435. The van der Waals surface area contributed by atoms with Gasteiger partial charge in [-0.1, -0.05) is 12.1 Å². The molecule has 1 aromatic rings. The van der Waals surface area contributed by atoms with Crippen LogP contribution in [0.15, 0.2) is 29.2 Å². The van der Waals surface area contributed by atoms with Crippen molar-refractivity contribution >= 4 is 46.2 Å². The SMILES string of the molecule is COC(=O)[C@H](C)N1C(=O)S/C(=C/c2ccc3c(c2)C(C)=CC(C)(C)N3C(C)C)C1=O. The van der Waals surface area contributed by atoms with Crippen LogP contribution < -0.4 is 4.90 Å². The summed E-state index contributed by atoms with van der Waals surface area (Å²) in [6.45, 7) is 12.3. The van der Waals surface area contributed by atoms with Gasteiger partial charge in [0.1, 0.15) is 6.04 Å². The monoisotopic (exact) mass is 428 g/mol. The largest absolute Gasteiger partial charge is 0.467 e. The maximum atomic E-state index is 12.8. The zero-order valence-electron chi connectivity index (χ0n) is 18.5. The first-order chi connectivity index (χ1) is 14.0. The lowest BCUT2D eigenvalue weighted by Gasteiger charge is -2.46. The van der Waals surface area contributed by atoms with Gasteiger partial charge in [-0.15, -0.1) is 0 Å². The number of imide groups is 1. The summed E-state index contributed by atoms with van der Waals surface area (Å²) in [6.07, 6.45) is 3.97. The van der Waals surface area contributed by atoms with Crippen LogP contribution in [0.2, 0.25) is 0 Å². The van der Waals surface area contributed by atoms with Crippen molar-refractivity contribution < 1.29 is 19.1 Å². The third-order valence-corrected chi connectivity index (χ3v) is 6.35. The van der Waals surface area contributed by atoms with Crippen molar-refractivity contribution in [3.8, 4) is 0 Å². The summed E-state index contributed by atoms with van der Waals surface area (Å²) >= 11 is 0.842. The summed E-state index contributed by atoms with van der Waals surface area (Å²) in [6, 6.07) is 5.44. The van der Waals surface area contributed by atoms with Crippen molar-refractivity contribution in [2.75, 3.05) is 12.0 Å². The average Bonchev–Trinajstić information content (AvgIpc) is 2.93. The molecule has 1 aromatic carbocycles. The van der Waals surface area contributed by atoms with E-state index in [1.165, 1.54) is 19.6 Å². The van der Waals surface area contributed by atoms with Gasteiger partial charge in [-0.2, -0.15) is 0 Å². The molecular formula is C23H28N2O4S. The van der Waals surface area contributed by atoms with Crippen LogP contribution in [-0.4, -0.2) is 46.7 Å². The van der Waals surface area contributed by atoms with E-state index in [-0.39, 0.29) is 5.54 Å². The molecule has 0 radical (unpaired) electrons. The molecule has 1 atom stereocenters. The molecule has 0 aromatic heterocycles. The number of fused-ring (bicyclic) bond motifs is 1. The van der Waals surface area contributed by atoms with E-state index in [0.717, 1.165) is 33.5 Å². The van der Waals surface area contributed by atoms with Crippen LogP contribution in [0.5, 0.6) is 0 Å². The van der Waals surface area contributed by atoms with Crippen LogP contribution in [-0.2, 0) is 14.3 Å². The van der Waals surface area contributed by atoms with E-state index in [1.807, 2.05) is 12.1 Å². The van der Waals surface area contributed by atoms with Crippen molar-refractivity contribution in [3.05, 3.63) is 40.3 Å². The van der Waals surface area contributed by atoms with Gasteiger partial charge in [0.05, 0.1) is 17.6 Å². The van der Waals surface area contributed by atoms with Gasteiger partial charge in [-0.25, -0.2) is 4.79 Å². The number of anilines is 1. The lowest BCUT2D eigenvalue weighted by Crippen LogP contribution is -2.49. The predicted octanol–water partition coefficient (Wildman–Crippen LogP) is 4.69. The molecule has 0 spiro atoms. The molecule has 2 amide bonds. The summed E-state index contributed by atoms with van der Waals surface area (Å²) in [4.78, 5) is 40.5. The van der Waals surface area contributed by atoms with E-state index >= 15 is 0 Å². The minimum atomic E-state index is -0.955. The van der Waals surface area contributed by atoms with Gasteiger partial charge >= 0.3 is 5.97 Å². The van der Waals surface area contributed by atoms with Gasteiger partial charge in [-0.3, -0.25) is 14.5 Å². The molecule has 2 aliphatic heterocycles. The van der Waals surface area contributed by atoms with Crippen LogP contribution in [0.1, 0.15) is 52.7 Å². The minimum absolute atomic E-state index is 0.0978. The molecular weight excluding hydrogens is 400 g/mol. The summed E-state index contributed by atoms with van der Waals surface area (Å²) in [7, 11) is 1.23. The number of hydrogen-bond acceptors (Lipinski definition) is 6. The minimum Gasteiger partial charge on any atom is -0.467 e. The van der Waals surface area contributed by atoms with Crippen LogP contribution >= 0.6 is 11.8 Å². The zero-order chi connectivity index (χ0) is 22.4. The number of thioether (sulfide) groups is 1. The highest BCUT2D eigenvalue weighted by atomic mass is 32.2. The summed E-state index contributed by atoms with van der Waals surface area (Å²) in [5.74, 6) is -1.10. The fourth-order valence-electron chi connectivity index (χ4n) is 4.34. The Labute approximate surface area is 181 Å². The molecule has 2 heterocycles. The molecule has 2 aliphatic rings. The molecule has 30 heavy (non-hydrogen) atoms. The van der Waals surface area contributed by atoms with Gasteiger partial charge in [0, 0.05) is 17.3 Å². The van der Waals surface area contributed by atoms with Crippen molar-refractivity contribution in [3.63, 3.8) is 0 Å². The number of methoxy groups -OCH3 is 1. The third kappa shape index (κ3) is 3.78. The molecule has 7 heteroatoms. The number of hydrogen-bond donors (Lipinski definition) is 0. The van der Waals surface area contributed by atoms with Crippen LogP contribution in [0.25, 0.3) is 11.6 Å². The lowest BCUT2D eigenvalue weighted by molar-refractivity contribution is -0.148. The number of nitrogens with zero attached hydrogens (tertiary/aromatic N) is 2. The Balaban J connectivity index is 1.97. The van der Waals surface area contributed by atoms with Crippen molar-refractivity contribution in [1.82, 2.24) is 4.90 Å². The van der Waals surface area contributed by atoms with E-state index in [0.29, 0.717) is 10.9 Å². The Morgan fingerprint density at radius 2 is 1.87 bits per heavy atom. The molecule has 1 saturated heterocycles. The van der Waals surface area contributed by atoms with E-state index in [9.17, 15) is 14.4 Å². The Morgan fingerprint density at radius 3 is 2.47 bits per heavy atom. The molecule has 0 saturated carbocycles. The Kier molecular flexibility index (Phi) is 5.87. The second-order valence-electron chi connectivity index (χ2n) is 8.47. The maximum Gasteiger partial charge on any atom is 0.328 e. The first kappa shape index (κ1) is 22.2. The van der Waals surface area contributed by atoms with Crippen LogP contribution in [0.3, 0.4) is 0 Å². The summed E-state index contributed by atoms with van der Waals surface area (Å²) in [5, 5.41) is -0.467. The first-order valence-electron chi connectivity index (χ1n) is 9.96. The van der Waals surface area contributed by atoms with E-state index < -0.39 is 23.2 Å². The molecule has 0 unspecified atom stereocenters. The maximum absolute atomic E-state index is 12.8. The number of carbonyl (C=O) groups is 3. The molecule has 3 rings (SSSR count). The Hall–Kier alpha value is -2.54. The standard InChI is InChI=1S/C23H28N2O4S/c1-13(2)25-18-9-8-16(10-17(18)14(3)12-23(25,5)6)11-19-20(26)24(22(28)30-19)15(4)21(27)29-7/h8-13,15H,1-7H3/b19-11+/t15-/m0/s1. The molecule has 0 N–H and O–H groups in total. The second-order valence-corrected chi connectivity index (χ2v) is 9.47. The van der Waals surface area contributed by atoms with Crippen molar-refractivity contribution in [1.29, 1.82) is 0 Å². The second kappa shape index (κ2) is 7.95. The highest BCUT2D eigenvalue weighted by Crippen LogP contribution is 2.41. The zero-order valence-corrected chi connectivity index (χ0v) is 19.3. The fourth-order valence-corrected chi connectivity index (χ4v) is 5.25. The lowest BCUT2D eigenvalue weighted by atomic mass is 9.87. The quantitative estimate of drug-likeness (QED) is 0.512. The number of ether oxygens (including phenoxy) is 1. The number of rotatable bonds is 4. The smallest absolute Gasteiger partial charge is 0.328 e. The van der Waals surface area contributed by atoms with E-state index in [2.05, 4.69) is 56.4 Å². The van der Waals surface area contributed by atoms with Gasteiger partial charge in [0.2, 0.25) is 0 Å². The Bertz CT molecular complexity index is 977. The number of esters is 1. The molecule has 6 nitrogen and oxygen atoms in total. The third-order valence-electron chi connectivity index (χ3n) is 5.46. The number of amides is 2. The summed E-state index contributed by atoms with van der Waals surface area (Å²) in [5.41, 5.74) is 4.17. The van der Waals surface area contributed by atoms with Gasteiger partial charge < -0.3 is 9.64 Å². The van der Waals surface area contributed by atoms with Gasteiger partial charge in [-0.05, 0) is 82.6 Å². The first-order valence-corrected chi connectivity index (χ1v) is 10.8. The number of allylic oxidation sites excluding steroid dienone is 1. The number of carbonyl (C=O) groups excluding carboxylic acids is 3. The topological polar surface area (TPSA) is 66.9 Å². The van der Waals surface area contributed by atoms with Gasteiger partial charge in [0.25, 0.3) is 11.1 Å². The van der Waals surface area contributed by atoms with Crippen LogP contribution in [0, 0.1) is 0 Å². The van der Waals surface area contributed by atoms with Gasteiger partial charge in [0.15, 0.2) is 0 Å². The van der Waals surface area contributed by atoms with Crippen molar-refractivity contribution in [2.45, 2.75) is 59.2 Å². The highest BCUT2D eigenvalue weighted by Gasteiger charge is 2.41.